The normalized spacial score (nSPS) is 37.4. The van der Waals surface area contributed by atoms with Gasteiger partial charge in [0.15, 0.2) is 0 Å². The van der Waals surface area contributed by atoms with Crippen LogP contribution in [-0.4, -0.2) is 76.8 Å². The smallest absolute Gasteiger partial charge is 0.394 e. The number of rotatable bonds is 5. The first-order chi connectivity index (χ1) is 19.6. The molecule has 1 saturated carbocycles. The Morgan fingerprint density at radius 2 is 1.95 bits per heavy atom. The highest BCUT2D eigenvalue weighted by Gasteiger charge is 2.62. The Morgan fingerprint density at radius 1 is 1.12 bits per heavy atom. The van der Waals surface area contributed by atoms with E-state index in [-0.39, 0.29) is 43.7 Å². The first-order valence-electron chi connectivity index (χ1n) is 15.7. The van der Waals surface area contributed by atoms with Gasteiger partial charge in [0.25, 0.3) is 0 Å². The van der Waals surface area contributed by atoms with Gasteiger partial charge in [0.1, 0.15) is 6.17 Å². The first-order valence-corrected chi connectivity index (χ1v) is 16.6. The Balaban J connectivity index is 1.11. The number of aromatic nitrogens is 2. The molecule has 0 radical (unpaired) electrons. The van der Waals surface area contributed by atoms with E-state index in [4.69, 9.17) is 4.74 Å². The summed E-state index contributed by atoms with van der Waals surface area (Å²) in [6.45, 7) is 9.01. The minimum absolute atomic E-state index is 0.000891. The minimum atomic E-state index is -4.15. The molecule has 1 aliphatic carbocycles. The molecule has 4 saturated heterocycles. The van der Waals surface area contributed by atoms with Gasteiger partial charge < -0.3 is 15.4 Å². The van der Waals surface area contributed by atoms with Crippen molar-refractivity contribution in [3.63, 3.8) is 0 Å². The highest BCUT2D eigenvalue weighted by Crippen LogP contribution is 2.59. The van der Waals surface area contributed by atoms with Crippen LogP contribution < -0.4 is 25.4 Å². The summed E-state index contributed by atoms with van der Waals surface area (Å²) in [4.78, 5) is 2.71. The Bertz CT molecular complexity index is 1020. The van der Waals surface area contributed by atoms with Crippen LogP contribution in [0.25, 0.3) is 0 Å². The summed E-state index contributed by atoms with van der Waals surface area (Å²) >= 11 is 1.92. The monoisotopic (exact) mass is 599 g/mol. The molecular weight excluding hydrogens is 551 g/mol. The molecule has 6 rings (SSSR count). The van der Waals surface area contributed by atoms with Crippen molar-refractivity contribution < 1.29 is 17.9 Å². The van der Waals surface area contributed by atoms with Gasteiger partial charge in [0.2, 0.25) is 5.88 Å². The second kappa shape index (κ2) is 12.1. The summed E-state index contributed by atoms with van der Waals surface area (Å²) in [6.07, 6.45) is 6.84. The van der Waals surface area contributed by atoms with Crippen molar-refractivity contribution in [1.82, 2.24) is 35.4 Å². The van der Waals surface area contributed by atoms with Crippen LogP contribution in [0.4, 0.5) is 13.2 Å². The minimum Gasteiger partial charge on any atom is -0.477 e. The van der Waals surface area contributed by atoms with Crippen molar-refractivity contribution in [3.05, 3.63) is 12.3 Å². The average molecular weight is 600 g/mol. The van der Waals surface area contributed by atoms with Crippen LogP contribution in [0.2, 0.25) is 0 Å². The van der Waals surface area contributed by atoms with Crippen molar-refractivity contribution in [2.45, 2.75) is 114 Å². The van der Waals surface area contributed by atoms with Gasteiger partial charge >= 0.3 is 6.18 Å². The zero-order valence-electron chi connectivity index (χ0n) is 24.5. The lowest BCUT2D eigenvalue weighted by Crippen LogP contribution is -2.60. The number of alkyl halides is 3. The molecule has 0 aromatic carbocycles. The van der Waals surface area contributed by atoms with E-state index in [0.717, 1.165) is 45.4 Å². The maximum Gasteiger partial charge on any atom is 0.394 e. The second-order valence-electron chi connectivity index (χ2n) is 13.7. The molecule has 4 bridgehead atoms. The van der Waals surface area contributed by atoms with Gasteiger partial charge in [-0.25, -0.2) is 0 Å². The number of nitrogens with zero attached hydrogens (tertiary/aromatic N) is 3. The van der Waals surface area contributed by atoms with E-state index >= 15 is 0 Å². The van der Waals surface area contributed by atoms with Crippen LogP contribution in [0.1, 0.15) is 84.2 Å². The molecule has 1 aromatic heterocycles. The first kappa shape index (κ1) is 30.0. The summed E-state index contributed by atoms with van der Waals surface area (Å²) in [5.41, 5.74) is -1.44. The van der Waals surface area contributed by atoms with Gasteiger partial charge in [-0.15, -0.1) is 5.10 Å². The Hall–Kier alpha value is -1.05. The van der Waals surface area contributed by atoms with Crippen molar-refractivity contribution in [2.75, 3.05) is 32.8 Å². The summed E-state index contributed by atoms with van der Waals surface area (Å²) in [5.74, 6) is 1.56. The van der Waals surface area contributed by atoms with E-state index in [9.17, 15) is 13.2 Å². The van der Waals surface area contributed by atoms with E-state index in [1.165, 1.54) is 25.7 Å². The van der Waals surface area contributed by atoms with E-state index in [2.05, 4.69) is 44.5 Å². The number of hydrogen-bond donors (Lipinski definition) is 4. The van der Waals surface area contributed by atoms with Gasteiger partial charge in [0, 0.05) is 42.1 Å². The van der Waals surface area contributed by atoms with E-state index < -0.39 is 11.6 Å². The van der Waals surface area contributed by atoms with Crippen LogP contribution in [0.15, 0.2) is 12.3 Å². The van der Waals surface area contributed by atoms with Gasteiger partial charge in [0.05, 0.1) is 24.4 Å². The molecule has 7 atom stereocenters. The van der Waals surface area contributed by atoms with Crippen molar-refractivity contribution in [1.29, 1.82) is 0 Å². The fourth-order valence-electron chi connectivity index (χ4n) is 7.64. The number of hydrogen-bond acceptors (Lipinski definition) is 8. The lowest BCUT2D eigenvalue weighted by molar-refractivity contribution is -0.190. The SMILES string of the molecule is CC1(C)CC2CCCNC3CC(CCN3)SNCC3CCC(n4ccc(OCCC5(C(F)(F)F)CC5)n4)NC3N1C2. The number of piperidine rings is 2. The van der Waals surface area contributed by atoms with Crippen LogP contribution >= 0.6 is 11.9 Å². The van der Waals surface area contributed by atoms with Crippen LogP contribution in [0.5, 0.6) is 5.88 Å². The van der Waals surface area contributed by atoms with Gasteiger partial charge in [-0.05, 0) is 97.1 Å². The lowest BCUT2D eigenvalue weighted by atomic mass is 9.90. The van der Waals surface area contributed by atoms with Crippen LogP contribution in [0, 0.1) is 17.3 Å². The van der Waals surface area contributed by atoms with Crippen molar-refractivity contribution >= 4 is 11.9 Å². The van der Waals surface area contributed by atoms with Crippen molar-refractivity contribution in [3.8, 4) is 5.88 Å². The molecular formula is C29H48F3N7OS. The molecule has 232 valence electrons. The number of ether oxygens (including phenoxy) is 1. The molecule has 5 aliphatic rings. The summed E-state index contributed by atoms with van der Waals surface area (Å²) in [7, 11) is 0. The molecule has 8 nitrogen and oxygen atoms in total. The quantitative estimate of drug-likeness (QED) is 0.366. The number of nitrogens with one attached hydrogen (secondary N) is 4. The van der Waals surface area contributed by atoms with Gasteiger partial charge in [-0.2, -0.15) is 13.2 Å². The molecule has 41 heavy (non-hydrogen) atoms. The zero-order valence-corrected chi connectivity index (χ0v) is 25.3. The molecule has 0 amide bonds. The van der Waals surface area contributed by atoms with E-state index in [0.29, 0.717) is 29.1 Å². The van der Waals surface area contributed by atoms with Crippen molar-refractivity contribution in [2.24, 2.45) is 17.3 Å². The molecule has 1 aromatic rings. The third-order valence-electron chi connectivity index (χ3n) is 10.3. The van der Waals surface area contributed by atoms with Crippen LogP contribution in [0.3, 0.4) is 0 Å². The van der Waals surface area contributed by atoms with Gasteiger partial charge in [-0.3, -0.25) is 19.6 Å². The van der Waals surface area contributed by atoms with E-state index in [1.807, 2.05) is 22.8 Å². The third kappa shape index (κ3) is 6.87. The fraction of sp³-hybridized carbons (Fsp3) is 0.897. The highest BCUT2D eigenvalue weighted by molar-refractivity contribution is 7.98. The topological polar surface area (TPSA) is 78.4 Å². The maximum absolute atomic E-state index is 13.3. The molecule has 5 heterocycles. The predicted molar refractivity (Wildman–Crippen MR) is 155 cm³/mol. The molecule has 4 aliphatic heterocycles. The average Bonchev–Trinajstić information content (AvgIpc) is 3.48. The summed E-state index contributed by atoms with van der Waals surface area (Å²) in [5, 5.41) is 16.6. The molecule has 0 spiro atoms. The number of halogens is 3. The predicted octanol–water partition coefficient (Wildman–Crippen LogP) is 4.62. The van der Waals surface area contributed by atoms with Crippen LogP contribution in [-0.2, 0) is 0 Å². The fourth-order valence-corrected chi connectivity index (χ4v) is 8.71. The lowest BCUT2D eigenvalue weighted by Gasteiger charge is -2.47. The molecule has 5 fully saturated rings. The number of fused-ring (bicyclic) bond motifs is 6. The third-order valence-corrected chi connectivity index (χ3v) is 11.4. The second-order valence-corrected chi connectivity index (χ2v) is 14.9. The largest absolute Gasteiger partial charge is 0.477 e. The molecule has 7 unspecified atom stereocenters. The summed E-state index contributed by atoms with van der Waals surface area (Å²) < 4.78 is 51.2. The summed E-state index contributed by atoms with van der Waals surface area (Å²) in [6, 6.07) is 1.78. The highest BCUT2D eigenvalue weighted by atomic mass is 32.2. The Morgan fingerprint density at radius 3 is 2.76 bits per heavy atom. The van der Waals surface area contributed by atoms with E-state index in [1.54, 1.807) is 6.07 Å². The molecule has 12 heteroatoms. The Labute approximate surface area is 246 Å². The van der Waals surface area contributed by atoms with Gasteiger partial charge in [-0.1, -0.05) is 11.9 Å². The zero-order chi connectivity index (χ0) is 28.7. The maximum atomic E-state index is 13.3. The Kier molecular flexibility index (Phi) is 8.89. The molecule has 4 N–H and O–H groups in total. The standard InChI is InChI=1S/C29H48F3N7OS/c1-27(2)17-20-4-3-12-33-23-16-22(7-13-34-23)41-35-18-21-5-6-24(36-26(21)38(27)19-20)39-14-8-25(37-39)40-15-11-28(9-10-28)29(30,31)32/h8,14,20-24,26,33-36H,3-7,9-13,15-19H2,1-2H3.